The van der Waals surface area contributed by atoms with Crippen molar-refractivity contribution in [2.75, 3.05) is 19.7 Å². The molecule has 0 radical (unpaired) electrons. The van der Waals surface area contributed by atoms with Gasteiger partial charge < -0.3 is 19.7 Å². The Balaban J connectivity index is 1.15. The Morgan fingerprint density at radius 1 is 0.850 bits per heavy atom. The second kappa shape index (κ2) is 11.9. The molecule has 1 saturated carbocycles. The molecule has 0 unspecified atom stereocenters. The molecule has 3 aliphatic rings. The van der Waals surface area contributed by atoms with E-state index in [9.17, 15) is 24.0 Å². The van der Waals surface area contributed by atoms with Crippen LogP contribution >= 0.6 is 0 Å². The fraction of sp³-hybridized carbons (Fsp3) is 0.433. The molecule has 0 aromatic heterocycles. The minimum atomic E-state index is -0.803. The van der Waals surface area contributed by atoms with E-state index in [4.69, 9.17) is 9.47 Å². The Morgan fingerprint density at radius 2 is 1.50 bits per heavy atom. The summed E-state index contributed by atoms with van der Waals surface area (Å²) in [6.07, 6.45) is 5.17. The van der Waals surface area contributed by atoms with Crippen LogP contribution in [-0.2, 0) is 4.74 Å². The van der Waals surface area contributed by atoms with Gasteiger partial charge >= 0.3 is 6.16 Å². The zero-order chi connectivity index (χ0) is 28.2. The van der Waals surface area contributed by atoms with E-state index in [1.54, 1.807) is 42.2 Å². The maximum Gasteiger partial charge on any atom is 0.513 e. The van der Waals surface area contributed by atoms with Crippen LogP contribution in [0.2, 0.25) is 0 Å². The highest BCUT2D eigenvalue weighted by Gasteiger charge is 2.40. The molecule has 2 fully saturated rings. The summed E-state index contributed by atoms with van der Waals surface area (Å²) in [5.41, 5.74) is 1.49. The number of rotatable bonds is 6. The van der Waals surface area contributed by atoms with Crippen LogP contribution in [0.1, 0.15) is 93.3 Å². The van der Waals surface area contributed by atoms with E-state index in [1.807, 2.05) is 0 Å². The third-order valence-corrected chi connectivity index (χ3v) is 7.80. The summed E-state index contributed by atoms with van der Waals surface area (Å²) < 4.78 is 9.75. The van der Waals surface area contributed by atoms with Crippen molar-refractivity contribution in [2.24, 2.45) is 0 Å². The first-order valence-electron chi connectivity index (χ1n) is 13.9. The van der Waals surface area contributed by atoms with Crippen molar-refractivity contribution < 1.29 is 33.4 Å². The summed E-state index contributed by atoms with van der Waals surface area (Å²) in [5.74, 6) is -0.730. The van der Waals surface area contributed by atoms with Gasteiger partial charge in [0.1, 0.15) is 5.75 Å². The van der Waals surface area contributed by atoms with Gasteiger partial charge in [0.25, 0.3) is 23.6 Å². The number of amides is 4. The topological polar surface area (TPSA) is 122 Å². The average molecular weight is 548 g/mol. The SMILES string of the molecule is CCOC(=O)Oc1ccc(C(=O)NC2CCN(C(=O)c3ccc4c(c3)C(=O)N(C3CCCCC3)C4=O)CC2)cc1. The quantitative estimate of drug-likeness (QED) is 0.327. The highest BCUT2D eigenvalue weighted by Crippen LogP contribution is 2.32. The van der Waals surface area contributed by atoms with Crippen LogP contribution < -0.4 is 10.1 Å². The Bertz CT molecular complexity index is 1310. The number of imide groups is 1. The Hall–Kier alpha value is -4.21. The first kappa shape index (κ1) is 27.4. The molecule has 0 spiro atoms. The van der Waals surface area contributed by atoms with Crippen molar-refractivity contribution in [2.45, 2.75) is 64.0 Å². The first-order chi connectivity index (χ1) is 19.4. The van der Waals surface area contributed by atoms with E-state index in [1.165, 1.54) is 17.0 Å². The molecule has 2 aromatic rings. The van der Waals surface area contributed by atoms with Gasteiger partial charge in [-0.05, 0) is 75.1 Å². The van der Waals surface area contributed by atoms with Crippen LogP contribution in [0, 0.1) is 0 Å². The van der Waals surface area contributed by atoms with E-state index >= 15 is 0 Å². The van der Waals surface area contributed by atoms with E-state index in [-0.39, 0.29) is 48.1 Å². The van der Waals surface area contributed by atoms with Gasteiger partial charge in [-0.25, -0.2) is 4.79 Å². The van der Waals surface area contributed by atoms with Gasteiger partial charge in [0.05, 0.1) is 17.7 Å². The number of benzene rings is 2. The molecular formula is C30H33N3O7. The zero-order valence-electron chi connectivity index (χ0n) is 22.5. The smallest absolute Gasteiger partial charge is 0.434 e. The molecule has 40 heavy (non-hydrogen) atoms. The Labute approximate surface area is 232 Å². The number of carbonyl (C=O) groups is 5. The molecule has 4 amide bonds. The Morgan fingerprint density at radius 3 is 2.17 bits per heavy atom. The zero-order valence-corrected chi connectivity index (χ0v) is 22.5. The van der Waals surface area contributed by atoms with Crippen LogP contribution in [0.4, 0.5) is 4.79 Å². The maximum atomic E-state index is 13.3. The molecule has 10 nitrogen and oxygen atoms in total. The summed E-state index contributed by atoms with van der Waals surface area (Å²) >= 11 is 0. The molecule has 1 saturated heterocycles. The monoisotopic (exact) mass is 547 g/mol. The lowest BCUT2D eigenvalue weighted by molar-refractivity contribution is 0.0547. The number of nitrogens with zero attached hydrogens (tertiary/aromatic N) is 2. The molecular weight excluding hydrogens is 514 g/mol. The number of nitrogens with one attached hydrogen (secondary N) is 1. The molecule has 2 aliphatic heterocycles. The summed E-state index contributed by atoms with van der Waals surface area (Å²) in [6.45, 7) is 2.79. The van der Waals surface area contributed by atoms with Crippen molar-refractivity contribution in [1.82, 2.24) is 15.1 Å². The fourth-order valence-electron chi connectivity index (χ4n) is 5.66. The number of piperidine rings is 1. The number of fused-ring (bicyclic) bond motifs is 1. The molecule has 1 N–H and O–H groups in total. The van der Waals surface area contributed by atoms with E-state index in [0.29, 0.717) is 48.2 Å². The number of carbonyl (C=O) groups excluding carboxylic acids is 5. The molecule has 2 heterocycles. The molecule has 10 heteroatoms. The predicted octanol–water partition coefficient (Wildman–Crippen LogP) is 4.19. The van der Waals surface area contributed by atoms with Gasteiger partial charge in [-0.1, -0.05) is 19.3 Å². The van der Waals surface area contributed by atoms with Crippen molar-refractivity contribution in [3.8, 4) is 5.75 Å². The van der Waals surface area contributed by atoms with Crippen molar-refractivity contribution >= 4 is 29.8 Å². The van der Waals surface area contributed by atoms with Crippen LogP contribution in [0.25, 0.3) is 0 Å². The molecule has 5 rings (SSSR count). The number of hydrogen-bond acceptors (Lipinski definition) is 7. The second-order valence-electron chi connectivity index (χ2n) is 10.4. The summed E-state index contributed by atoms with van der Waals surface area (Å²) in [7, 11) is 0. The molecule has 2 aromatic carbocycles. The van der Waals surface area contributed by atoms with Gasteiger partial charge in [0.15, 0.2) is 0 Å². The minimum Gasteiger partial charge on any atom is -0.434 e. The number of hydrogen-bond donors (Lipinski definition) is 1. The van der Waals surface area contributed by atoms with E-state index < -0.39 is 6.16 Å². The van der Waals surface area contributed by atoms with Gasteiger partial charge in [0, 0.05) is 36.3 Å². The lowest BCUT2D eigenvalue weighted by atomic mass is 9.94. The van der Waals surface area contributed by atoms with Crippen molar-refractivity contribution in [1.29, 1.82) is 0 Å². The van der Waals surface area contributed by atoms with E-state index in [2.05, 4.69) is 5.32 Å². The first-order valence-corrected chi connectivity index (χ1v) is 13.9. The van der Waals surface area contributed by atoms with Crippen molar-refractivity contribution in [3.63, 3.8) is 0 Å². The van der Waals surface area contributed by atoms with Crippen LogP contribution in [0.15, 0.2) is 42.5 Å². The fourth-order valence-corrected chi connectivity index (χ4v) is 5.66. The number of ether oxygens (including phenoxy) is 2. The van der Waals surface area contributed by atoms with Crippen LogP contribution in [-0.4, -0.2) is 71.4 Å². The third kappa shape index (κ3) is 5.71. The maximum absolute atomic E-state index is 13.3. The van der Waals surface area contributed by atoms with Gasteiger partial charge in [-0.3, -0.25) is 24.1 Å². The van der Waals surface area contributed by atoms with E-state index in [0.717, 1.165) is 32.1 Å². The summed E-state index contributed by atoms with van der Waals surface area (Å²) in [4.78, 5) is 66.6. The van der Waals surface area contributed by atoms with Crippen molar-refractivity contribution in [3.05, 3.63) is 64.7 Å². The van der Waals surface area contributed by atoms with Gasteiger partial charge in [0.2, 0.25) is 0 Å². The molecule has 210 valence electrons. The van der Waals surface area contributed by atoms with Crippen LogP contribution in [0.3, 0.4) is 0 Å². The van der Waals surface area contributed by atoms with Gasteiger partial charge in [-0.15, -0.1) is 0 Å². The highest BCUT2D eigenvalue weighted by atomic mass is 16.7. The predicted molar refractivity (Wildman–Crippen MR) is 144 cm³/mol. The standard InChI is InChI=1S/C30H33N3O7/c1-2-39-30(38)40-23-11-8-19(9-12-23)26(34)31-21-14-16-32(17-15-21)27(35)20-10-13-24-25(18-20)29(37)33(28(24)36)22-6-4-3-5-7-22/h8-13,18,21-22H,2-7,14-17H2,1H3,(H,31,34). The molecule has 0 atom stereocenters. The second-order valence-corrected chi connectivity index (χ2v) is 10.4. The minimum absolute atomic E-state index is 0.0644. The average Bonchev–Trinajstić information content (AvgIpc) is 3.22. The molecule has 0 bridgehead atoms. The normalized spacial score (nSPS) is 17.9. The lowest BCUT2D eigenvalue weighted by Crippen LogP contribution is -2.46. The summed E-state index contributed by atoms with van der Waals surface area (Å²) in [5, 5.41) is 3.00. The van der Waals surface area contributed by atoms with Gasteiger partial charge in [-0.2, -0.15) is 0 Å². The molecule has 1 aliphatic carbocycles. The Kier molecular flexibility index (Phi) is 8.14. The largest absolute Gasteiger partial charge is 0.513 e. The third-order valence-electron chi connectivity index (χ3n) is 7.80. The lowest BCUT2D eigenvalue weighted by Gasteiger charge is -2.32. The number of likely N-dealkylation sites (tertiary alicyclic amines) is 1. The summed E-state index contributed by atoms with van der Waals surface area (Å²) in [6, 6.07) is 10.8. The van der Waals surface area contributed by atoms with Crippen LogP contribution in [0.5, 0.6) is 5.75 Å². The highest BCUT2D eigenvalue weighted by molar-refractivity contribution is 6.22.